The van der Waals surface area contributed by atoms with E-state index in [9.17, 15) is 4.79 Å². The molecule has 1 aromatic rings. The Morgan fingerprint density at radius 3 is 2.89 bits per heavy atom. The predicted octanol–water partition coefficient (Wildman–Crippen LogP) is 2.30. The maximum absolute atomic E-state index is 12.1. The van der Waals surface area contributed by atoms with Gasteiger partial charge in [0.05, 0.1) is 10.4 Å². The summed E-state index contributed by atoms with van der Waals surface area (Å²) in [5, 5.41) is 3.43. The minimum absolute atomic E-state index is 0.0735. The Morgan fingerprint density at radius 2 is 2.22 bits per heavy atom. The highest BCUT2D eigenvalue weighted by atomic mass is 35.5. The molecule has 5 heteroatoms. The monoisotopic (exact) mass is 284 g/mol. The molecule has 1 N–H and O–H groups in total. The molecule has 0 aromatic carbocycles. The normalized spacial score (nSPS) is 23.9. The average molecular weight is 285 g/mol. The Kier molecular flexibility index (Phi) is 3.59. The summed E-state index contributed by atoms with van der Waals surface area (Å²) < 4.78 is 0.825. The highest BCUT2D eigenvalue weighted by Gasteiger charge is 2.35. The van der Waals surface area contributed by atoms with Gasteiger partial charge in [-0.1, -0.05) is 11.6 Å². The lowest BCUT2D eigenvalue weighted by Gasteiger charge is -2.16. The van der Waals surface area contributed by atoms with Gasteiger partial charge in [0.1, 0.15) is 0 Å². The van der Waals surface area contributed by atoms with E-state index in [4.69, 9.17) is 11.6 Å². The van der Waals surface area contributed by atoms with Crippen molar-refractivity contribution in [3.05, 3.63) is 21.3 Å². The molecule has 1 saturated heterocycles. The van der Waals surface area contributed by atoms with Crippen LogP contribution in [0, 0.1) is 0 Å². The van der Waals surface area contributed by atoms with E-state index in [2.05, 4.69) is 5.32 Å². The standard InChI is InChI=1S/C13H17ClN2OS/c14-12-4-3-10(18-12)5-7-16-8-6-11(13(16)17)15-9-1-2-9/h3-4,9,11,15H,1-2,5-8H2. The molecule has 0 radical (unpaired) electrons. The van der Waals surface area contributed by atoms with Crippen LogP contribution in [-0.2, 0) is 11.2 Å². The second-order valence-corrected chi connectivity index (χ2v) is 6.86. The van der Waals surface area contributed by atoms with Gasteiger partial charge in [-0.2, -0.15) is 0 Å². The van der Waals surface area contributed by atoms with Gasteiger partial charge in [-0.05, 0) is 37.8 Å². The first kappa shape index (κ1) is 12.5. The van der Waals surface area contributed by atoms with Gasteiger partial charge in [0.15, 0.2) is 0 Å². The fraction of sp³-hybridized carbons (Fsp3) is 0.615. The van der Waals surface area contributed by atoms with Crippen molar-refractivity contribution in [1.82, 2.24) is 10.2 Å². The van der Waals surface area contributed by atoms with Crippen molar-refractivity contribution in [3.8, 4) is 0 Å². The van der Waals surface area contributed by atoms with Gasteiger partial charge in [-0.3, -0.25) is 4.79 Å². The molecule has 3 nitrogen and oxygen atoms in total. The molecule has 1 unspecified atom stereocenters. The highest BCUT2D eigenvalue weighted by Crippen LogP contribution is 2.24. The van der Waals surface area contributed by atoms with E-state index in [0.29, 0.717) is 6.04 Å². The first-order valence-electron chi connectivity index (χ1n) is 6.51. The first-order chi connectivity index (χ1) is 8.72. The van der Waals surface area contributed by atoms with E-state index in [1.165, 1.54) is 17.7 Å². The number of carbonyl (C=O) groups excluding carboxylic acids is 1. The molecule has 1 amide bonds. The van der Waals surface area contributed by atoms with Crippen LogP contribution in [0.15, 0.2) is 12.1 Å². The van der Waals surface area contributed by atoms with Crippen molar-refractivity contribution in [2.45, 2.75) is 37.8 Å². The number of halogens is 1. The molecule has 0 spiro atoms. The zero-order chi connectivity index (χ0) is 12.5. The summed E-state index contributed by atoms with van der Waals surface area (Å²) in [4.78, 5) is 15.4. The number of nitrogens with one attached hydrogen (secondary N) is 1. The Hall–Kier alpha value is -0.580. The van der Waals surface area contributed by atoms with E-state index < -0.39 is 0 Å². The fourth-order valence-electron chi connectivity index (χ4n) is 2.38. The zero-order valence-corrected chi connectivity index (χ0v) is 11.8. The summed E-state index contributed by atoms with van der Waals surface area (Å²) in [5.41, 5.74) is 0. The first-order valence-corrected chi connectivity index (χ1v) is 7.71. The molecular formula is C13H17ClN2OS. The number of carbonyl (C=O) groups is 1. The summed E-state index contributed by atoms with van der Waals surface area (Å²) >= 11 is 7.51. The molecule has 2 heterocycles. The fourth-order valence-corrected chi connectivity index (χ4v) is 3.46. The molecule has 2 aliphatic rings. The van der Waals surface area contributed by atoms with E-state index >= 15 is 0 Å². The van der Waals surface area contributed by atoms with Crippen LogP contribution < -0.4 is 5.32 Å². The number of amides is 1. The molecule has 3 rings (SSSR count). The number of rotatable bonds is 5. The molecule has 1 aliphatic heterocycles. The second kappa shape index (κ2) is 5.19. The molecule has 18 heavy (non-hydrogen) atoms. The summed E-state index contributed by atoms with van der Waals surface area (Å²) in [6, 6.07) is 4.65. The van der Waals surface area contributed by atoms with Gasteiger partial charge in [0.25, 0.3) is 0 Å². The van der Waals surface area contributed by atoms with Crippen LogP contribution in [0.5, 0.6) is 0 Å². The van der Waals surface area contributed by atoms with E-state index in [1.54, 1.807) is 11.3 Å². The van der Waals surface area contributed by atoms with Crippen molar-refractivity contribution in [2.24, 2.45) is 0 Å². The zero-order valence-electron chi connectivity index (χ0n) is 10.2. The Labute approximate surface area is 116 Å². The largest absolute Gasteiger partial charge is 0.341 e. The summed E-state index contributed by atoms with van der Waals surface area (Å²) in [5.74, 6) is 0.282. The van der Waals surface area contributed by atoms with E-state index in [1.807, 2.05) is 17.0 Å². The average Bonchev–Trinajstić information content (AvgIpc) is 2.98. The van der Waals surface area contributed by atoms with Crippen molar-refractivity contribution >= 4 is 28.8 Å². The van der Waals surface area contributed by atoms with Crippen molar-refractivity contribution in [1.29, 1.82) is 0 Å². The minimum atomic E-state index is 0.0735. The smallest absolute Gasteiger partial charge is 0.239 e. The van der Waals surface area contributed by atoms with Gasteiger partial charge >= 0.3 is 0 Å². The molecule has 0 bridgehead atoms. The van der Waals surface area contributed by atoms with Crippen LogP contribution in [0.2, 0.25) is 4.34 Å². The van der Waals surface area contributed by atoms with Crippen LogP contribution in [0.4, 0.5) is 0 Å². The number of hydrogen-bond donors (Lipinski definition) is 1. The summed E-state index contributed by atoms with van der Waals surface area (Å²) in [7, 11) is 0. The van der Waals surface area contributed by atoms with Crippen LogP contribution in [0.3, 0.4) is 0 Å². The molecule has 2 fully saturated rings. The summed E-state index contributed by atoms with van der Waals surface area (Å²) in [6.45, 7) is 1.71. The SMILES string of the molecule is O=C1C(NC2CC2)CCN1CCc1ccc(Cl)s1. The molecule has 1 aliphatic carbocycles. The number of likely N-dealkylation sites (tertiary alicyclic amines) is 1. The lowest BCUT2D eigenvalue weighted by atomic mass is 10.2. The highest BCUT2D eigenvalue weighted by molar-refractivity contribution is 7.16. The third-order valence-corrected chi connectivity index (χ3v) is 4.86. The topological polar surface area (TPSA) is 32.3 Å². The van der Waals surface area contributed by atoms with Gasteiger partial charge in [-0.25, -0.2) is 0 Å². The number of hydrogen-bond acceptors (Lipinski definition) is 3. The molecule has 1 atom stereocenters. The third kappa shape index (κ3) is 2.87. The van der Waals surface area contributed by atoms with Crippen molar-refractivity contribution < 1.29 is 4.79 Å². The predicted molar refractivity (Wildman–Crippen MR) is 74.2 cm³/mol. The maximum atomic E-state index is 12.1. The van der Waals surface area contributed by atoms with Gasteiger partial charge in [-0.15, -0.1) is 11.3 Å². The van der Waals surface area contributed by atoms with Crippen LogP contribution in [-0.4, -0.2) is 36.0 Å². The molecule has 98 valence electrons. The second-order valence-electron chi connectivity index (χ2n) is 5.06. The van der Waals surface area contributed by atoms with Gasteiger partial charge < -0.3 is 10.2 Å². The van der Waals surface area contributed by atoms with Crippen LogP contribution in [0.1, 0.15) is 24.1 Å². The van der Waals surface area contributed by atoms with Crippen LogP contribution in [0.25, 0.3) is 0 Å². The maximum Gasteiger partial charge on any atom is 0.239 e. The number of thiophene rings is 1. The lowest BCUT2D eigenvalue weighted by molar-refractivity contribution is -0.129. The molecular weight excluding hydrogens is 268 g/mol. The van der Waals surface area contributed by atoms with Crippen molar-refractivity contribution in [2.75, 3.05) is 13.1 Å². The van der Waals surface area contributed by atoms with Gasteiger partial charge in [0, 0.05) is 24.0 Å². The van der Waals surface area contributed by atoms with E-state index in [0.717, 1.165) is 30.3 Å². The Bertz CT molecular complexity index is 444. The van der Waals surface area contributed by atoms with E-state index in [-0.39, 0.29) is 11.9 Å². The Balaban J connectivity index is 1.49. The quantitative estimate of drug-likeness (QED) is 0.900. The third-order valence-electron chi connectivity index (χ3n) is 3.57. The number of nitrogens with zero attached hydrogens (tertiary/aromatic N) is 1. The van der Waals surface area contributed by atoms with Gasteiger partial charge in [0.2, 0.25) is 5.91 Å². The van der Waals surface area contributed by atoms with Crippen molar-refractivity contribution in [3.63, 3.8) is 0 Å². The summed E-state index contributed by atoms with van der Waals surface area (Å²) in [6.07, 6.45) is 4.34. The molecule has 1 aromatic heterocycles. The molecule has 1 saturated carbocycles. The van der Waals surface area contributed by atoms with Crippen LogP contribution >= 0.6 is 22.9 Å². The minimum Gasteiger partial charge on any atom is -0.341 e. The lowest BCUT2D eigenvalue weighted by Crippen LogP contribution is -2.39. The Morgan fingerprint density at radius 1 is 1.39 bits per heavy atom.